The number of anilines is 4. The van der Waals surface area contributed by atoms with E-state index in [1.165, 1.54) is 0 Å². The quantitative estimate of drug-likeness (QED) is 0.786. The molecule has 5 heteroatoms. The van der Waals surface area contributed by atoms with Crippen LogP contribution in [0.5, 0.6) is 0 Å². The maximum absolute atomic E-state index is 5.77. The molecule has 5 nitrogen and oxygen atoms in total. The van der Waals surface area contributed by atoms with Gasteiger partial charge in [0.2, 0.25) is 0 Å². The highest BCUT2D eigenvalue weighted by molar-refractivity contribution is 5.69. The van der Waals surface area contributed by atoms with E-state index in [0.29, 0.717) is 11.6 Å². The summed E-state index contributed by atoms with van der Waals surface area (Å²) in [5.41, 5.74) is 5.77. The van der Waals surface area contributed by atoms with Gasteiger partial charge in [-0.3, -0.25) is 4.90 Å². The van der Waals surface area contributed by atoms with Gasteiger partial charge in [-0.15, -0.1) is 0 Å². The van der Waals surface area contributed by atoms with Crippen molar-refractivity contribution in [2.24, 2.45) is 0 Å². The van der Waals surface area contributed by atoms with Gasteiger partial charge in [0, 0.05) is 12.4 Å². The molecular weight excluding hydrogens is 250 g/mol. The molecule has 2 N–H and O–H groups in total. The van der Waals surface area contributed by atoms with Gasteiger partial charge in [-0.2, -0.15) is 0 Å². The molecule has 0 amide bonds. The molecule has 0 aromatic carbocycles. The Labute approximate surface area is 116 Å². The van der Waals surface area contributed by atoms with Gasteiger partial charge in [0.05, 0.1) is 0 Å². The van der Waals surface area contributed by atoms with Crippen LogP contribution < -0.4 is 10.6 Å². The van der Waals surface area contributed by atoms with Crippen LogP contribution >= 0.6 is 0 Å². The van der Waals surface area contributed by atoms with Gasteiger partial charge in [0.25, 0.3) is 0 Å². The Kier molecular flexibility index (Phi) is 3.24. The first-order chi connectivity index (χ1) is 9.84. The maximum atomic E-state index is 5.77. The lowest BCUT2D eigenvalue weighted by molar-refractivity contribution is 1.09. The summed E-state index contributed by atoms with van der Waals surface area (Å²) in [6.07, 6.45) is 3.47. The zero-order valence-corrected chi connectivity index (χ0v) is 10.7. The van der Waals surface area contributed by atoms with Crippen LogP contribution in [0.3, 0.4) is 0 Å². The lowest BCUT2D eigenvalue weighted by Gasteiger charge is -2.21. The molecule has 0 saturated carbocycles. The zero-order valence-electron chi connectivity index (χ0n) is 10.7. The Morgan fingerprint density at radius 2 is 1.30 bits per heavy atom. The molecule has 3 heterocycles. The molecule has 0 spiro atoms. The molecule has 3 rings (SSSR count). The number of pyridine rings is 3. The summed E-state index contributed by atoms with van der Waals surface area (Å²) in [7, 11) is 0. The number of aromatic nitrogens is 3. The van der Waals surface area contributed by atoms with Gasteiger partial charge < -0.3 is 5.73 Å². The summed E-state index contributed by atoms with van der Waals surface area (Å²) >= 11 is 0. The van der Waals surface area contributed by atoms with Crippen LogP contribution in [0.4, 0.5) is 23.3 Å². The Morgan fingerprint density at radius 1 is 0.700 bits per heavy atom. The third-order valence-electron chi connectivity index (χ3n) is 2.74. The van der Waals surface area contributed by atoms with Gasteiger partial charge in [-0.25, -0.2) is 15.0 Å². The van der Waals surface area contributed by atoms with Crippen LogP contribution in [0.1, 0.15) is 0 Å². The van der Waals surface area contributed by atoms with Crippen molar-refractivity contribution in [1.82, 2.24) is 15.0 Å². The van der Waals surface area contributed by atoms with Crippen molar-refractivity contribution < 1.29 is 0 Å². The molecule has 3 aromatic heterocycles. The summed E-state index contributed by atoms with van der Waals surface area (Å²) in [5.74, 6) is 2.62. The third kappa shape index (κ3) is 2.42. The van der Waals surface area contributed by atoms with Gasteiger partial charge in [-0.1, -0.05) is 18.2 Å². The second-order valence-corrected chi connectivity index (χ2v) is 4.13. The van der Waals surface area contributed by atoms with Crippen molar-refractivity contribution in [1.29, 1.82) is 0 Å². The minimum atomic E-state index is 0.458. The largest absolute Gasteiger partial charge is 0.384 e. The van der Waals surface area contributed by atoms with Crippen molar-refractivity contribution in [3.05, 3.63) is 67.0 Å². The fraction of sp³-hybridized carbons (Fsp3) is 0. The lowest BCUT2D eigenvalue weighted by atomic mass is 10.3. The van der Waals surface area contributed by atoms with E-state index in [0.717, 1.165) is 11.6 Å². The van der Waals surface area contributed by atoms with Crippen LogP contribution in [0.15, 0.2) is 67.0 Å². The Morgan fingerprint density at radius 3 is 1.80 bits per heavy atom. The topological polar surface area (TPSA) is 67.9 Å². The summed E-state index contributed by atoms with van der Waals surface area (Å²) < 4.78 is 0. The molecule has 0 aliphatic rings. The monoisotopic (exact) mass is 263 g/mol. The number of rotatable bonds is 3. The molecule has 98 valence electrons. The van der Waals surface area contributed by atoms with Gasteiger partial charge >= 0.3 is 0 Å². The van der Waals surface area contributed by atoms with E-state index >= 15 is 0 Å². The van der Waals surface area contributed by atoms with Crippen molar-refractivity contribution >= 4 is 23.3 Å². The molecule has 0 aliphatic carbocycles. The molecule has 3 aromatic rings. The Balaban J connectivity index is 2.14. The molecule has 0 unspecified atom stereocenters. The molecule has 0 bridgehead atoms. The van der Waals surface area contributed by atoms with Gasteiger partial charge in [0.15, 0.2) is 0 Å². The van der Waals surface area contributed by atoms with E-state index in [4.69, 9.17) is 5.73 Å². The molecule has 0 fully saturated rings. The predicted octanol–water partition coefficient (Wildman–Crippen LogP) is 2.92. The van der Waals surface area contributed by atoms with Crippen molar-refractivity contribution in [3.8, 4) is 0 Å². The average molecular weight is 263 g/mol. The Bertz CT molecular complexity index is 645. The molecule has 0 atom stereocenters. The van der Waals surface area contributed by atoms with E-state index in [-0.39, 0.29) is 0 Å². The van der Waals surface area contributed by atoms with Crippen molar-refractivity contribution in [2.45, 2.75) is 0 Å². The first-order valence-corrected chi connectivity index (χ1v) is 6.19. The van der Waals surface area contributed by atoms with E-state index < -0.39 is 0 Å². The van der Waals surface area contributed by atoms with Crippen LogP contribution in [0, 0.1) is 0 Å². The second-order valence-electron chi connectivity index (χ2n) is 4.13. The van der Waals surface area contributed by atoms with Crippen LogP contribution in [0.2, 0.25) is 0 Å². The predicted molar refractivity (Wildman–Crippen MR) is 78.9 cm³/mol. The SMILES string of the molecule is Nc1cccc(N(c2ccccn2)c2ccccn2)n1. The fourth-order valence-electron chi connectivity index (χ4n) is 1.89. The van der Waals surface area contributed by atoms with Crippen LogP contribution in [-0.2, 0) is 0 Å². The zero-order chi connectivity index (χ0) is 13.8. The van der Waals surface area contributed by atoms with Crippen molar-refractivity contribution in [2.75, 3.05) is 10.6 Å². The van der Waals surface area contributed by atoms with Gasteiger partial charge in [-0.05, 0) is 36.4 Å². The normalized spacial score (nSPS) is 10.2. The summed E-state index contributed by atoms with van der Waals surface area (Å²) in [4.78, 5) is 14.9. The van der Waals surface area contributed by atoms with E-state index in [1.807, 2.05) is 53.4 Å². The minimum absolute atomic E-state index is 0.458. The van der Waals surface area contributed by atoms with Crippen molar-refractivity contribution in [3.63, 3.8) is 0 Å². The molecule has 0 radical (unpaired) electrons. The summed E-state index contributed by atoms with van der Waals surface area (Å²) in [6.45, 7) is 0. The standard InChI is InChI=1S/C15H13N5/c16-12-6-5-9-15(19-12)20(13-7-1-3-10-17-13)14-8-2-4-11-18-14/h1-11H,(H2,16,19). The smallest absolute Gasteiger partial charge is 0.142 e. The van der Waals surface area contributed by atoms with Gasteiger partial charge in [0.1, 0.15) is 23.3 Å². The minimum Gasteiger partial charge on any atom is -0.384 e. The fourth-order valence-corrected chi connectivity index (χ4v) is 1.89. The molecule has 0 aliphatic heterocycles. The average Bonchev–Trinajstić information content (AvgIpc) is 2.50. The number of nitrogen functional groups attached to an aromatic ring is 1. The number of nitrogens with two attached hydrogens (primary N) is 1. The molecular formula is C15H13N5. The molecule has 0 saturated heterocycles. The number of hydrogen-bond acceptors (Lipinski definition) is 5. The highest BCUT2D eigenvalue weighted by atomic mass is 15.3. The third-order valence-corrected chi connectivity index (χ3v) is 2.74. The Hall–Kier alpha value is -2.95. The van der Waals surface area contributed by atoms with Crippen LogP contribution in [-0.4, -0.2) is 15.0 Å². The van der Waals surface area contributed by atoms with E-state index in [2.05, 4.69) is 15.0 Å². The number of hydrogen-bond donors (Lipinski definition) is 1. The number of nitrogens with zero attached hydrogens (tertiary/aromatic N) is 4. The lowest BCUT2D eigenvalue weighted by Crippen LogP contribution is -2.14. The summed E-state index contributed by atoms with van der Waals surface area (Å²) in [5, 5.41) is 0. The highest BCUT2D eigenvalue weighted by Gasteiger charge is 2.15. The van der Waals surface area contributed by atoms with E-state index in [1.54, 1.807) is 18.5 Å². The maximum Gasteiger partial charge on any atom is 0.142 e. The highest BCUT2D eigenvalue weighted by Crippen LogP contribution is 2.29. The second kappa shape index (κ2) is 5.36. The first kappa shape index (κ1) is 12.1. The first-order valence-electron chi connectivity index (χ1n) is 6.19. The summed E-state index contributed by atoms with van der Waals surface area (Å²) in [6, 6.07) is 16.9. The van der Waals surface area contributed by atoms with Crippen LogP contribution in [0.25, 0.3) is 0 Å². The van der Waals surface area contributed by atoms with E-state index in [9.17, 15) is 0 Å². The molecule has 20 heavy (non-hydrogen) atoms.